The zero-order valence-corrected chi connectivity index (χ0v) is 18.3. The molecule has 4 rings (SSSR count). The maximum Gasteiger partial charge on any atom is 0.277 e. The van der Waals surface area contributed by atoms with Gasteiger partial charge in [0.05, 0.1) is 17.9 Å². The van der Waals surface area contributed by atoms with E-state index in [0.717, 1.165) is 18.7 Å². The van der Waals surface area contributed by atoms with Gasteiger partial charge in [-0.3, -0.25) is 4.79 Å². The van der Waals surface area contributed by atoms with E-state index in [2.05, 4.69) is 9.71 Å². The topological polar surface area (TPSA) is 101 Å². The first-order valence-electron chi connectivity index (χ1n) is 10.3. The molecule has 1 aliphatic carbocycles. The van der Waals surface area contributed by atoms with Gasteiger partial charge in [0.2, 0.25) is 0 Å². The van der Waals surface area contributed by atoms with Gasteiger partial charge in [-0.05, 0) is 44.9 Å². The van der Waals surface area contributed by atoms with Crippen molar-refractivity contribution in [3.8, 4) is 17.1 Å². The molecule has 9 heteroatoms. The number of rotatable bonds is 6. The van der Waals surface area contributed by atoms with Crippen LogP contribution < -0.4 is 15.0 Å². The number of nitrogens with one attached hydrogen (secondary N) is 2. The fourth-order valence-corrected chi connectivity index (χ4v) is 4.62. The summed E-state index contributed by atoms with van der Waals surface area (Å²) in [5.74, 6) is 2.17. The Balaban J connectivity index is 1.88. The van der Waals surface area contributed by atoms with Crippen LogP contribution in [0.1, 0.15) is 56.5 Å². The van der Waals surface area contributed by atoms with Crippen LogP contribution in [0.3, 0.4) is 0 Å². The van der Waals surface area contributed by atoms with Crippen LogP contribution in [0, 0.1) is 6.92 Å². The fraction of sp³-hybridized carbons (Fsp3) is 0.476. The molecule has 0 spiro atoms. The molecular weight excluding hydrogens is 402 g/mol. The van der Waals surface area contributed by atoms with Crippen molar-refractivity contribution in [2.24, 2.45) is 0 Å². The monoisotopic (exact) mass is 429 g/mol. The summed E-state index contributed by atoms with van der Waals surface area (Å²) in [6.45, 7) is 4.23. The molecule has 1 fully saturated rings. The van der Waals surface area contributed by atoms with Gasteiger partial charge in [-0.2, -0.15) is 0 Å². The van der Waals surface area contributed by atoms with Gasteiger partial charge in [0, 0.05) is 17.9 Å². The molecule has 1 saturated carbocycles. The third kappa shape index (κ3) is 3.98. The molecule has 0 bridgehead atoms. The van der Waals surface area contributed by atoms with Crippen molar-refractivity contribution in [1.82, 2.24) is 19.6 Å². The van der Waals surface area contributed by atoms with Crippen molar-refractivity contribution in [2.75, 3.05) is 17.6 Å². The highest BCUT2D eigenvalue weighted by Crippen LogP contribution is 2.34. The Bertz CT molecular complexity index is 1150. The van der Waals surface area contributed by atoms with Gasteiger partial charge in [-0.25, -0.2) is 13.7 Å². The van der Waals surface area contributed by atoms with Crippen molar-refractivity contribution >= 4 is 22.2 Å². The van der Waals surface area contributed by atoms with Crippen molar-refractivity contribution in [3.05, 3.63) is 40.1 Å². The second-order valence-corrected chi connectivity index (χ2v) is 8.77. The molecule has 8 nitrogen and oxygen atoms in total. The second-order valence-electron chi connectivity index (χ2n) is 7.65. The van der Waals surface area contributed by atoms with Crippen LogP contribution in [0.25, 0.3) is 16.9 Å². The molecule has 2 heterocycles. The second kappa shape index (κ2) is 8.59. The van der Waals surface area contributed by atoms with Crippen molar-refractivity contribution in [2.45, 2.75) is 51.9 Å². The van der Waals surface area contributed by atoms with Crippen LogP contribution in [0.2, 0.25) is 0 Å². The van der Waals surface area contributed by atoms with Gasteiger partial charge >= 0.3 is 0 Å². The Morgan fingerprint density at radius 1 is 1.30 bits per heavy atom. The number of benzene rings is 1. The number of aromatic amines is 1. The van der Waals surface area contributed by atoms with Gasteiger partial charge < -0.3 is 14.4 Å². The van der Waals surface area contributed by atoms with Crippen LogP contribution in [0.5, 0.6) is 5.75 Å². The number of imidazole rings is 1. The highest BCUT2D eigenvalue weighted by molar-refractivity contribution is 7.85. The smallest absolute Gasteiger partial charge is 0.277 e. The number of nitrogens with zero attached hydrogens (tertiary/aromatic N) is 3. The fourth-order valence-electron chi connectivity index (χ4n) is 4.17. The minimum absolute atomic E-state index is 0.230. The van der Waals surface area contributed by atoms with E-state index in [4.69, 9.17) is 14.8 Å². The predicted molar refractivity (Wildman–Crippen MR) is 118 cm³/mol. The number of anilines is 1. The van der Waals surface area contributed by atoms with E-state index in [-0.39, 0.29) is 5.56 Å². The van der Waals surface area contributed by atoms with E-state index in [1.807, 2.05) is 13.8 Å². The van der Waals surface area contributed by atoms with Gasteiger partial charge in [0.25, 0.3) is 5.56 Å². The zero-order valence-electron chi connectivity index (χ0n) is 17.5. The lowest BCUT2D eigenvalue weighted by atomic mass is 9.89. The quantitative estimate of drug-likeness (QED) is 0.624. The first-order chi connectivity index (χ1) is 14.5. The largest absolute Gasteiger partial charge is 0.493 e. The molecule has 160 valence electrons. The van der Waals surface area contributed by atoms with Gasteiger partial charge in [-0.15, -0.1) is 5.10 Å². The molecule has 30 heavy (non-hydrogen) atoms. The Kier molecular flexibility index (Phi) is 5.90. The number of H-pyrrole nitrogens is 1. The maximum absolute atomic E-state index is 13.0. The van der Waals surface area contributed by atoms with Crippen LogP contribution >= 0.6 is 0 Å². The van der Waals surface area contributed by atoms with E-state index in [9.17, 15) is 9.00 Å². The number of fused-ring (bicyclic) bond motifs is 1. The molecule has 2 N–H and O–H groups in total. The molecular formula is C21H27N5O3S. The Labute approximate surface area is 177 Å². The van der Waals surface area contributed by atoms with E-state index in [0.29, 0.717) is 46.6 Å². The third-order valence-electron chi connectivity index (χ3n) is 5.47. The van der Waals surface area contributed by atoms with E-state index in [1.54, 1.807) is 29.0 Å². The van der Waals surface area contributed by atoms with Gasteiger partial charge in [0.15, 0.2) is 11.3 Å². The highest BCUT2D eigenvalue weighted by atomic mass is 32.2. The minimum Gasteiger partial charge on any atom is -0.493 e. The molecule has 0 radical (unpaired) electrons. The van der Waals surface area contributed by atoms with Crippen LogP contribution in [-0.4, -0.2) is 36.7 Å². The number of ether oxygens (including phenoxy) is 1. The molecule has 0 amide bonds. The summed E-state index contributed by atoms with van der Waals surface area (Å²) in [5.41, 5.74) is 2.24. The van der Waals surface area contributed by atoms with Gasteiger partial charge in [-0.1, -0.05) is 19.3 Å². The SMILES string of the molecule is CCOc1ccc(NS(C)=O)cc1-c1nn2c(C3CCCCC3)nc(C)c2c(=O)[nH]1. The molecule has 1 aromatic carbocycles. The summed E-state index contributed by atoms with van der Waals surface area (Å²) in [7, 11) is -1.22. The van der Waals surface area contributed by atoms with Gasteiger partial charge in [0.1, 0.15) is 22.6 Å². The minimum atomic E-state index is -1.22. The predicted octanol–water partition coefficient (Wildman–Crippen LogP) is 3.54. The van der Waals surface area contributed by atoms with Crippen LogP contribution in [-0.2, 0) is 11.0 Å². The van der Waals surface area contributed by atoms with Crippen LogP contribution in [0.4, 0.5) is 5.69 Å². The van der Waals surface area contributed by atoms with Crippen molar-refractivity contribution < 1.29 is 8.95 Å². The van der Waals surface area contributed by atoms with Crippen molar-refractivity contribution in [1.29, 1.82) is 0 Å². The number of aryl methyl sites for hydroxylation is 1. The molecule has 1 unspecified atom stereocenters. The summed E-state index contributed by atoms with van der Waals surface area (Å²) in [6.07, 6.45) is 7.28. The Morgan fingerprint density at radius 2 is 2.07 bits per heavy atom. The molecule has 2 aromatic heterocycles. The third-order valence-corrected chi connectivity index (χ3v) is 5.99. The number of hydrogen-bond acceptors (Lipinski definition) is 5. The lowest BCUT2D eigenvalue weighted by Gasteiger charge is -2.20. The number of hydrogen-bond donors (Lipinski definition) is 2. The summed E-state index contributed by atoms with van der Waals surface area (Å²) in [5, 5.41) is 4.78. The summed E-state index contributed by atoms with van der Waals surface area (Å²) in [4.78, 5) is 20.6. The van der Waals surface area contributed by atoms with Crippen LogP contribution in [0.15, 0.2) is 23.0 Å². The first-order valence-corrected chi connectivity index (χ1v) is 11.9. The first kappa shape index (κ1) is 20.6. The Morgan fingerprint density at radius 3 is 2.77 bits per heavy atom. The number of aromatic nitrogens is 4. The molecule has 0 aliphatic heterocycles. The summed E-state index contributed by atoms with van der Waals surface area (Å²) < 4.78 is 22.0. The average Bonchev–Trinajstić information content (AvgIpc) is 3.06. The molecule has 1 atom stereocenters. The maximum atomic E-state index is 13.0. The standard InChI is InChI=1S/C21H27N5O3S/c1-4-29-17-11-10-15(25-30(3)28)12-16(17)19-23-21(27)18-13(2)22-20(26(18)24-19)14-8-6-5-7-9-14/h10-12,14,25H,4-9H2,1-3H3,(H,23,24,27). The zero-order chi connectivity index (χ0) is 21.3. The molecule has 1 aliphatic rings. The van der Waals surface area contributed by atoms with Crippen molar-refractivity contribution in [3.63, 3.8) is 0 Å². The van der Waals surface area contributed by atoms with E-state index < -0.39 is 11.0 Å². The summed E-state index contributed by atoms with van der Waals surface area (Å²) in [6, 6.07) is 5.38. The lowest BCUT2D eigenvalue weighted by Crippen LogP contribution is -2.17. The Hall–Kier alpha value is -2.68. The van der Waals surface area contributed by atoms with E-state index in [1.165, 1.54) is 19.3 Å². The normalized spacial score (nSPS) is 16.0. The summed E-state index contributed by atoms with van der Waals surface area (Å²) >= 11 is 0. The van der Waals surface area contributed by atoms with E-state index >= 15 is 0 Å². The average molecular weight is 430 g/mol. The highest BCUT2D eigenvalue weighted by Gasteiger charge is 2.24. The molecule has 3 aromatic rings. The lowest BCUT2D eigenvalue weighted by molar-refractivity contribution is 0.341. The molecule has 0 saturated heterocycles.